The number of hydrogen-bond acceptors (Lipinski definition) is 5. The largest absolute Gasteiger partial charge is 0.502 e. The van der Waals surface area contributed by atoms with Crippen LogP contribution >= 0.6 is 0 Å². The van der Waals surface area contributed by atoms with Gasteiger partial charge in [-0.1, -0.05) is 30.3 Å². The van der Waals surface area contributed by atoms with Gasteiger partial charge in [0.05, 0.1) is 19.8 Å². The molecule has 0 aromatic heterocycles. The fourth-order valence-electron chi connectivity index (χ4n) is 3.41. The zero-order valence-electron chi connectivity index (χ0n) is 15.5. The van der Waals surface area contributed by atoms with Crippen LogP contribution < -0.4 is 19.7 Å². The standard InChI is InChI=1S/C22H20N2O4/c1-27-18-12-14(13-19(28-2)20(18)25)21-23-17-11-7-6-10-16(17)22(26)24(21)15-8-4-3-5-9-15/h3-13,21,23,25H,1-2H3/t21-/m0/s1. The Kier molecular flexibility index (Phi) is 4.53. The van der Waals surface area contributed by atoms with E-state index < -0.39 is 6.17 Å². The van der Waals surface area contributed by atoms with E-state index in [1.807, 2.05) is 48.5 Å². The zero-order valence-corrected chi connectivity index (χ0v) is 15.5. The minimum absolute atomic E-state index is 0.0810. The number of carbonyl (C=O) groups is 1. The molecule has 0 saturated heterocycles. The lowest BCUT2D eigenvalue weighted by Crippen LogP contribution is -2.43. The van der Waals surface area contributed by atoms with Crippen LogP contribution in [-0.2, 0) is 0 Å². The van der Waals surface area contributed by atoms with Crippen molar-refractivity contribution < 1.29 is 19.4 Å². The highest BCUT2D eigenvalue weighted by atomic mass is 16.5. The van der Waals surface area contributed by atoms with E-state index >= 15 is 0 Å². The Hall–Kier alpha value is -3.67. The maximum atomic E-state index is 13.4. The molecule has 6 heteroatoms. The SMILES string of the molecule is COc1cc([C@H]2Nc3ccccc3C(=O)N2c2ccccc2)cc(OC)c1O. The summed E-state index contributed by atoms with van der Waals surface area (Å²) in [6.07, 6.45) is -0.506. The third-order valence-corrected chi connectivity index (χ3v) is 4.78. The van der Waals surface area contributed by atoms with Crippen molar-refractivity contribution in [2.45, 2.75) is 6.17 Å². The number of carbonyl (C=O) groups excluding carboxylic acids is 1. The van der Waals surface area contributed by atoms with E-state index in [1.54, 1.807) is 23.1 Å². The van der Waals surface area contributed by atoms with Crippen LogP contribution in [0.4, 0.5) is 11.4 Å². The molecule has 1 aliphatic heterocycles. The molecule has 28 heavy (non-hydrogen) atoms. The van der Waals surface area contributed by atoms with Gasteiger partial charge < -0.3 is 19.9 Å². The van der Waals surface area contributed by atoms with Crippen molar-refractivity contribution in [3.8, 4) is 17.2 Å². The van der Waals surface area contributed by atoms with Crippen molar-refractivity contribution >= 4 is 17.3 Å². The van der Waals surface area contributed by atoms with Crippen LogP contribution in [0.5, 0.6) is 17.2 Å². The number of amides is 1. The molecule has 1 amide bonds. The Labute approximate surface area is 162 Å². The maximum Gasteiger partial charge on any atom is 0.262 e. The van der Waals surface area contributed by atoms with E-state index in [0.29, 0.717) is 5.56 Å². The van der Waals surface area contributed by atoms with E-state index in [0.717, 1.165) is 16.9 Å². The van der Waals surface area contributed by atoms with E-state index in [-0.39, 0.29) is 23.2 Å². The van der Waals surface area contributed by atoms with Crippen LogP contribution in [0.2, 0.25) is 0 Å². The molecule has 1 heterocycles. The molecule has 1 atom stereocenters. The Balaban J connectivity index is 1.90. The van der Waals surface area contributed by atoms with E-state index in [4.69, 9.17) is 9.47 Å². The Morgan fingerprint density at radius 1 is 0.929 bits per heavy atom. The van der Waals surface area contributed by atoms with Crippen molar-refractivity contribution in [3.05, 3.63) is 77.9 Å². The van der Waals surface area contributed by atoms with Gasteiger partial charge >= 0.3 is 0 Å². The summed E-state index contributed by atoms with van der Waals surface area (Å²) < 4.78 is 10.6. The molecule has 0 radical (unpaired) electrons. The van der Waals surface area contributed by atoms with E-state index in [9.17, 15) is 9.90 Å². The van der Waals surface area contributed by atoms with Crippen molar-refractivity contribution in [2.24, 2.45) is 0 Å². The van der Waals surface area contributed by atoms with E-state index in [2.05, 4.69) is 5.32 Å². The van der Waals surface area contributed by atoms with Gasteiger partial charge in [0, 0.05) is 16.9 Å². The first-order valence-corrected chi connectivity index (χ1v) is 8.83. The summed E-state index contributed by atoms with van der Waals surface area (Å²) in [4.78, 5) is 15.0. The molecule has 4 rings (SSSR count). The van der Waals surface area contributed by atoms with Gasteiger partial charge in [-0.3, -0.25) is 9.69 Å². The number of nitrogens with zero attached hydrogens (tertiary/aromatic N) is 1. The van der Waals surface area contributed by atoms with Gasteiger partial charge in [-0.05, 0) is 36.4 Å². The molecule has 142 valence electrons. The van der Waals surface area contributed by atoms with E-state index in [1.165, 1.54) is 14.2 Å². The lowest BCUT2D eigenvalue weighted by Gasteiger charge is -2.38. The number of fused-ring (bicyclic) bond motifs is 1. The molecule has 0 aliphatic carbocycles. The number of ether oxygens (including phenoxy) is 2. The van der Waals surface area contributed by atoms with Gasteiger partial charge in [0.2, 0.25) is 5.75 Å². The molecule has 2 N–H and O–H groups in total. The number of phenols is 1. The summed E-state index contributed by atoms with van der Waals surface area (Å²) in [6.45, 7) is 0. The Bertz CT molecular complexity index is 995. The maximum absolute atomic E-state index is 13.4. The Morgan fingerprint density at radius 3 is 2.18 bits per heavy atom. The summed E-state index contributed by atoms with van der Waals surface area (Å²) in [5.41, 5.74) is 2.82. The average molecular weight is 376 g/mol. The van der Waals surface area contributed by atoms with Gasteiger partial charge in [0.15, 0.2) is 11.5 Å². The number of methoxy groups -OCH3 is 2. The number of benzene rings is 3. The summed E-state index contributed by atoms with van der Waals surface area (Å²) in [7, 11) is 2.95. The number of nitrogens with one attached hydrogen (secondary N) is 1. The molecule has 1 aliphatic rings. The Morgan fingerprint density at radius 2 is 1.54 bits per heavy atom. The number of rotatable bonds is 4. The van der Waals surface area contributed by atoms with Crippen LogP contribution in [0.25, 0.3) is 0 Å². The quantitative estimate of drug-likeness (QED) is 0.715. The highest BCUT2D eigenvalue weighted by Gasteiger charge is 2.34. The highest BCUT2D eigenvalue weighted by Crippen LogP contribution is 2.42. The number of para-hydroxylation sites is 2. The van der Waals surface area contributed by atoms with Crippen LogP contribution in [0.1, 0.15) is 22.1 Å². The van der Waals surface area contributed by atoms with Crippen LogP contribution in [0.3, 0.4) is 0 Å². The van der Waals surface area contributed by atoms with Gasteiger partial charge in [-0.15, -0.1) is 0 Å². The normalized spacial score (nSPS) is 15.6. The predicted octanol–water partition coefficient (Wildman–Crippen LogP) is 4.18. The van der Waals surface area contributed by atoms with Gasteiger partial charge in [0.1, 0.15) is 6.17 Å². The van der Waals surface area contributed by atoms with Gasteiger partial charge in [0.25, 0.3) is 5.91 Å². The molecular formula is C22H20N2O4. The minimum atomic E-state index is -0.506. The average Bonchev–Trinajstić information content (AvgIpc) is 2.74. The first kappa shape index (κ1) is 17.7. The van der Waals surface area contributed by atoms with Crippen molar-refractivity contribution in [3.63, 3.8) is 0 Å². The minimum Gasteiger partial charge on any atom is -0.502 e. The highest BCUT2D eigenvalue weighted by molar-refractivity contribution is 6.12. The molecule has 0 fully saturated rings. The molecular weight excluding hydrogens is 356 g/mol. The predicted molar refractivity (Wildman–Crippen MR) is 107 cm³/mol. The lowest BCUT2D eigenvalue weighted by atomic mass is 10.0. The summed E-state index contributed by atoms with van der Waals surface area (Å²) >= 11 is 0. The molecule has 3 aromatic rings. The van der Waals surface area contributed by atoms with Crippen molar-refractivity contribution in [2.75, 3.05) is 24.4 Å². The fourth-order valence-corrected chi connectivity index (χ4v) is 3.41. The molecule has 6 nitrogen and oxygen atoms in total. The molecule has 0 bridgehead atoms. The third kappa shape index (κ3) is 2.89. The second kappa shape index (κ2) is 7.15. The van der Waals surface area contributed by atoms with Crippen LogP contribution in [0.15, 0.2) is 66.7 Å². The van der Waals surface area contributed by atoms with Crippen LogP contribution in [-0.4, -0.2) is 25.2 Å². The number of phenolic OH excluding ortho intramolecular Hbond substituents is 1. The second-order valence-electron chi connectivity index (χ2n) is 6.38. The van der Waals surface area contributed by atoms with Gasteiger partial charge in [-0.2, -0.15) is 0 Å². The van der Waals surface area contributed by atoms with Crippen molar-refractivity contribution in [1.29, 1.82) is 0 Å². The lowest BCUT2D eigenvalue weighted by molar-refractivity contribution is 0.0975. The molecule has 0 saturated carbocycles. The summed E-state index contributed by atoms with van der Waals surface area (Å²) in [6, 6.07) is 20.2. The topological polar surface area (TPSA) is 71.0 Å². The third-order valence-electron chi connectivity index (χ3n) is 4.78. The first-order valence-electron chi connectivity index (χ1n) is 8.83. The van der Waals surface area contributed by atoms with Crippen LogP contribution in [0, 0.1) is 0 Å². The number of aromatic hydroxyl groups is 1. The number of anilines is 2. The zero-order chi connectivity index (χ0) is 19.7. The molecule has 0 unspecified atom stereocenters. The molecule has 0 spiro atoms. The first-order chi connectivity index (χ1) is 13.6. The monoisotopic (exact) mass is 376 g/mol. The smallest absolute Gasteiger partial charge is 0.262 e. The van der Waals surface area contributed by atoms with Crippen molar-refractivity contribution in [1.82, 2.24) is 0 Å². The summed E-state index contributed by atoms with van der Waals surface area (Å²) in [5.74, 6) is 0.352. The fraction of sp³-hybridized carbons (Fsp3) is 0.136. The molecule has 3 aromatic carbocycles. The second-order valence-corrected chi connectivity index (χ2v) is 6.38. The summed E-state index contributed by atoms with van der Waals surface area (Å²) in [5, 5.41) is 13.7. The number of hydrogen-bond donors (Lipinski definition) is 2. The van der Waals surface area contributed by atoms with Gasteiger partial charge in [-0.25, -0.2) is 0 Å².